The molecule has 78 valence electrons. The summed E-state index contributed by atoms with van der Waals surface area (Å²) in [4.78, 5) is 0. The number of methoxy groups -OCH3 is 1. The average Bonchev–Trinajstić information content (AvgIpc) is 2.20. The molecule has 0 saturated carbocycles. The smallest absolute Gasteiger partial charge is 0.123 e. The highest BCUT2D eigenvalue weighted by Crippen LogP contribution is 2.05. The molecule has 1 aromatic carbocycles. The van der Waals surface area contributed by atoms with Gasteiger partial charge in [0.25, 0.3) is 0 Å². The molecule has 1 aromatic rings. The number of hydrogen-bond acceptors (Lipinski definition) is 3. The van der Waals surface area contributed by atoms with Crippen LogP contribution < -0.4 is 11.3 Å². The minimum Gasteiger partial charge on any atom is -0.383 e. The molecule has 3 N–H and O–H groups in total. The van der Waals surface area contributed by atoms with Gasteiger partial charge >= 0.3 is 0 Å². The Morgan fingerprint density at radius 2 is 2.07 bits per heavy atom. The third-order valence-corrected chi connectivity index (χ3v) is 2.00. The Hall–Kier alpha value is -0.970. The standard InChI is InChI=1S/C10H15FN2O/c1-14-7-10(13-12)6-8-2-4-9(11)5-3-8/h2-5,10,13H,6-7,12H2,1H3. The maximum atomic E-state index is 12.6. The number of hydrogen-bond donors (Lipinski definition) is 2. The number of nitrogens with one attached hydrogen (secondary N) is 1. The minimum absolute atomic E-state index is 0.0606. The molecule has 0 bridgehead atoms. The lowest BCUT2D eigenvalue weighted by Gasteiger charge is -2.14. The van der Waals surface area contributed by atoms with Gasteiger partial charge in [-0.1, -0.05) is 12.1 Å². The molecule has 14 heavy (non-hydrogen) atoms. The predicted molar refractivity (Wildman–Crippen MR) is 53.1 cm³/mol. The molecule has 1 rings (SSSR count). The van der Waals surface area contributed by atoms with Crippen LogP contribution in [-0.2, 0) is 11.2 Å². The fourth-order valence-corrected chi connectivity index (χ4v) is 1.27. The summed E-state index contributed by atoms with van der Waals surface area (Å²) in [7, 11) is 1.62. The fourth-order valence-electron chi connectivity index (χ4n) is 1.27. The van der Waals surface area contributed by atoms with Crippen LogP contribution in [0.4, 0.5) is 4.39 Å². The van der Waals surface area contributed by atoms with Crippen molar-refractivity contribution < 1.29 is 9.13 Å². The highest BCUT2D eigenvalue weighted by Gasteiger charge is 2.06. The topological polar surface area (TPSA) is 47.3 Å². The molecule has 0 saturated heterocycles. The molecule has 0 amide bonds. The maximum Gasteiger partial charge on any atom is 0.123 e. The number of hydrazine groups is 1. The molecule has 0 aromatic heterocycles. The lowest BCUT2D eigenvalue weighted by molar-refractivity contribution is 0.166. The first-order chi connectivity index (χ1) is 6.76. The second-order valence-corrected chi connectivity index (χ2v) is 3.15. The van der Waals surface area contributed by atoms with Gasteiger partial charge < -0.3 is 4.74 Å². The van der Waals surface area contributed by atoms with E-state index in [4.69, 9.17) is 10.6 Å². The van der Waals surface area contributed by atoms with Crippen LogP contribution in [0.1, 0.15) is 5.56 Å². The summed E-state index contributed by atoms with van der Waals surface area (Å²) < 4.78 is 17.6. The van der Waals surface area contributed by atoms with Gasteiger partial charge in [-0.2, -0.15) is 0 Å². The van der Waals surface area contributed by atoms with Crippen molar-refractivity contribution in [2.24, 2.45) is 5.84 Å². The number of benzene rings is 1. The average molecular weight is 198 g/mol. The molecule has 3 nitrogen and oxygen atoms in total. The highest BCUT2D eigenvalue weighted by molar-refractivity contribution is 5.17. The van der Waals surface area contributed by atoms with Crippen LogP contribution in [0.15, 0.2) is 24.3 Å². The first-order valence-electron chi connectivity index (χ1n) is 4.45. The Kier molecular flexibility index (Phi) is 4.52. The van der Waals surface area contributed by atoms with E-state index in [1.54, 1.807) is 19.2 Å². The molecular formula is C10H15FN2O. The quantitative estimate of drug-likeness (QED) is 0.544. The summed E-state index contributed by atoms with van der Waals surface area (Å²) in [6.07, 6.45) is 0.727. The molecule has 0 fully saturated rings. The normalized spacial score (nSPS) is 12.8. The van der Waals surface area contributed by atoms with Crippen LogP contribution in [0.3, 0.4) is 0 Å². The van der Waals surface area contributed by atoms with Crippen LogP contribution in [0.25, 0.3) is 0 Å². The van der Waals surface area contributed by atoms with Crippen LogP contribution in [0.5, 0.6) is 0 Å². The minimum atomic E-state index is -0.224. The van der Waals surface area contributed by atoms with E-state index in [1.807, 2.05) is 0 Å². The third kappa shape index (κ3) is 3.41. The number of ether oxygens (including phenoxy) is 1. The summed E-state index contributed by atoms with van der Waals surface area (Å²) >= 11 is 0. The van der Waals surface area contributed by atoms with E-state index in [0.29, 0.717) is 6.61 Å². The SMILES string of the molecule is COCC(Cc1ccc(F)cc1)NN. The van der Waals surface area contributed by atoms with Gasteiger partial charge in [-0.25, -0.2) is 4.39 Å². The molecule has 0 aliphatic carbocycles. The van der Waals surface area contributed by atoms with E-state index in [2.05, 4.69) is 5.43 Å². The Morgan fingerprint density at radius 3 is 2.57 bits per heavy atom. The molecule has 0 aliphatic rings. The van der Waals surface area contributed by atoms with E-state index in [9.17, 15) is 4.39 Å². The lowest BCUT2D eigenvalue weighted by atomic mass is 10.1. The van der Waals surface area contributed by atoms with Crippen LogP contribution >= 0.6 is 0 Å². The molecular weight excluding hydrogens is 183 g/mol. The van der Waals surface area contributed by atoms with Crippen molar-refractivity contribution >= 4 is 0 Å². The van der Waals surface area contributed by atoms with E-state index >= 15 is 0 Å². The van der Waals surface area contributed by atoms with Gasteiger partial charge in [0.2, 0.25) is 0 Å². The Bertz CT molecular complexity index is 263. The second kappa shape index (κ2) is 5.70. The first-order valence-corrected chi connectivity index (χ1v) is 4.45. The lowest BCUT2D eigenvalue weighted by Crippen LogP contribution is -2.40. The van der Waals surface area contributed by atoms with E-state index in [0.717, 1.165) is 12.0 Å². The Balaban J connectivity index is 2.53. The van der Waals surface area contributed by atoms with Gasteiger partial charge in [-0.3, -0.25) is 11.3 Å². The van der Waals surface area contributed by atoms with Crippen molar-refractivity contribution in [1.29, 1.82) is 0 Å². The Morgan fingerprint density at radius 1 is 1.43 bits per heavy atom. The van der Waals surface area contributed by atoms with Crippen molar-refractivity contribution in [1.82, 2.24) is 5.43 Å². The van der Waals surface area contributed by atoms with Crippen molar-refractivity contribution in [3.63, 3.8) is 0 Å². The molecule has 0 heterocycles. The fraction of sp³-hybridized carbons (Fsp3) is 0.400. The molecule has 1 unspecified atom stereocenters. The number of nitrogens with two attached hydrogens (primary N) is 1. The van der Waals surface area contributed by atoms with Gasteiger partial charge in [0.1, 0.15) is 5.82 Å². The van der Waals surface area contributed by atoms with Gasteiger partial charge in [0.15, 0.2) is 0 Å². The highest BCUT2D eigenvalue weighted by atomic mass is 19.1. The van der Waals surface area contributed by atoms with Gasteiger partial charge in [-0.15, -0.1) is 0 Å². The number of rotatable bonds is 5. The van der Waals surface area contributed by atoms with Crippen LogP contribution in [0, 0.1) is 5.82 Å². The number of halogens is 1. The zero-order chi connectivity index (χ0) is 10.4. The predicted octanol–water partition coefficient (Wildman–Crippen LogP) is 0.847. The van der Waals surface area contributed by atoms with E-state index < -0.39 is 0 Å². The molecule has 1 atom stereocenters. The van der Waals surface area contributed by atoms with Gasteiger partial charge in [0, 0.05) is 13.2 Å². The summed E-state index contributed by atoms with van der Waals surface area (Å²) in [5, 5.41) is 0. The van der Waals surface area contributed by atoms with E-state index in [-0.39, 0.29) is 11.9 Å². The largest absolute Gasteiger partial charge is 0.383 e. The maximum absolute atomic E-state index is 12.6. The van der Waals surface area contributed by atoms with Gasteiger partial charge in [-0.05, 0) is 24.1 Å². The monoisotopic (exact) mass is 198 g/mol. The molecule has 0 radical (unpaired) electrons. The van der Waals surface area contributed by atoms with Crippen LogP contribution in [-0.4, -0.2) is 19.8 Å². The summed E-state index contributed by atoms with van der Waals surface area (Å²) in [5.74, 6) is 5.11. The third-order valence-electron chi connectivity index (χ3n) is 2.00. The first kappa shape index (κ1) is 11.1. The molecule has 0 spiro atoms. The molecule has 0 aliphatic heterocycles. The zero-order valence-electron chi connectivity index (χ0n) is 8.16. The van der Waals surface area contributed by atoms with Crippen LogP contribution in [0.2, 0.25) is 0 Å². The second-order valence-electron chi connectivity index (χ2n) is 3.15. The van der Waals surface area contributed by atoms with Crippen molar-refractivity contribution in [3.8, 4) is 0 Å². The summed E-state index contributed by atoms with van der Waals surface area (Å²) in [6.45, 7) is 0.536. The van der Waals surface area contributed by atoms with E-state index in [1.165, 1.54) is 12.1 Å². The van der Waals surface area contributed by atoms with Crippen molar-refractivity contribution in [2.45, 2.75) is 12.5 Å². The summed E-state index contributed by atoms with van der Waals surface area (Å²) in [5.41, 5.74) is 3.68. The summed E-state index contributed by atoms with van der Waals surface area (Å²) in [6, 6.07) is 6.43. The zero-order valence-corrected chi connectivity index (χ0v) is 8.16. The van der Waals surface area contributed by atoms with Crippen molar-refractivity contribution in [3.05, 3.63) is 35.6 Å². The molecule has 4 heteroatoms. The Labute approximate surface area is 83.0 Å². The van der Waals surface area contributed by atoms with Crippen molar-refractivity contribution in [2.75, 3.05) is 13.7 Å². The van der Waals surface area contributed by atoms with Gasteiger partial charge in [0.05, 0.1) is 6.61 Å².